The van der Waals surface area contributed by atoms with Crippen molar-refractivity contribution in [2.45, 2.75) is 19.1 Å². The van der Waals surface area contributed by atoms with Crippen LogP contribution in [0, 0.1) is 0 Å². The number of methoxy groups -OCH3 is 1. The number of thioether (sulfide) groups is 1. The molecule has 0 fully saturated rings. The summed E-state index contributed by atoms with van der Waals surface area (Å²) in [5.74, 6) is 0.743. The maximum atomic E-state index is 10.8. The molecule has 0 heterocycles. The number of ketones is 1. The Kier molecular flexibility index (Phi) is 5.73. The molecule has 0 N–H and O–H groups in total. The minimum Gasteiger partial charge on any atom is -0.377 e. The third kappa shape index (κ3) is 6.11. The summed E-state index contributed by atoms with van der Waals surface area (Å²) in [4.78, 5) is 10.8. The molecule has 0 radical (unpaired) electrons. The highest BCUT2D eigenvalue weighted by Crippen LogP contribution is 2.08. The molecule has 0 aromatic heterocycles. The molecule has 0 aromatic rings. The first-order valence-corrected chi connectivity index (χ1v) is 4.34. The van der Waals surface area contributed by atoms with Gasteiger partial charge in [-0.3, -0.25) is 4.79 Å². The fourth-order valence-electron chi connectivity index (χ4n) is 0.462. The number of ether oxygens (including phenoxy) is 1. The van der Waals surface area contributed by atoms with E-state index in [9.17, 15) is 4.79 Å². The van der Waals surface area contributed by atoms with E-state index in [2.05, 4.69) is 18.6 Å². The molecule has 0 unspecified atom stereocenters. The first kappa shape index (κ1) is 9.98. The van der Waals surface area contributed by atoms with E-state index in [1.807, 2.05) is 0 Å². The minimum absolute atomic E-state index is 0.168. The van der Waals surface area contributed by atoms with Crippen LogP contribution >= 0.6 is 11.8 Å². The van der Waals surface area contributed by atoms with Gasteiger partial charge in [0.2, 0.25) is 0 Å². The Morgan fingerprint density at radius 2 is 2.20 bits per heavy atom. The summed E-state index contributed by atoms with van der Waals surface area (Å²) in [6.45, 7) is 4.40. The van der Waals surface area contributed by atoms with Gasteiger partial charge in [-0.25, -0.2) is 0 Å². The molecule has 0 atom stereocenters. The van der Waals surface area contributed by atoms with Gasteiger partial charge in [-0.2, -0.15) is 11.8 Å². The monoisotopic (exact) mass is 162 g/mol. The van der Waals surface area contributed by atoms with Gasteiger partial charge in [0.1, 0.15) is 6.61 Å². The molecule has 60 valence electrons. The lowest BCUT2D eigenvalue weighted by atomic mass is 10.5. The van der Waals surface area contributed by atoms with Crippen LogP contribution in [0.2, 0.25) is 0 Å². The van der Waals surface area contributed by atoms with E-state index in [0.29, 0.717) is 11.0 Å². The third-order valence-electron chi connectivity index (χ3n) is 0.883. The molecular formula is C7H14O2S. The summed E-state index contributed by atoms with van der Waals surface area (Å²) in [7, 11) is 1.54. The molecule has 0 saturated carbocycles. The van der Waals surface area contributed by atoms with Crippen LogP contribution in [0.15, 0.2) is 0 Å². The number of hydrogen-bond donors (Lipinski definition) is 0. The normalized spacial score (nSPS) is 10.4. The second kappa shape index (κ2) is 5.74. The van der Waals surface area contributed by atoms with E-state index in [-0.39, 0.29) is 12.4 Å². The highest BCUT2D eigenvalue weighted by atomic mass is 32.2. The van der Waals surface area contributed by atoms with Crippen molar-refractivity contribution in [3.05, 3.63) is 0 Å². The summed E-state index contributed by atoms with van der Waals surface area (Å²) in [5, 5.41) is 0.529. The van der Waals surface area contributed by atoms with Gasteiger partial charge in [0.15, 0.2) is 5.78 Å². The number of rotatable bonds is 5. The number of hydrogen-bond acceptors (Lipinski definition) is 3. The maximum absolute atomic E-state index is 10.8. The van der Waals surface area contributed by atoms with E-state index < -0.39 is 0 Å². The van der Waals surface area contributed by atoms with Crippen molar-refractivity contribution in [3.8, 4) is 0 Å². The van der Waals surface area contributed by atoms with Crippen molar-refractivity contribution in [2.75, 3.05) is 19.5 Å². The second-order valence-corrected chi connectivity index (χ2v) is 3.90. The third-order valence-corrected chi connectivity index (χ3v) is 2.04. The molecule has 0 aliphatic heterocycles. The zero-order valence-electron chi connectivity index (χ0n) is 6.72. The molecule has 0 aliphatic carbocycles. The average molecular weight is 162 g/mol. The highest BCUT2D eigenvalue weighted by Gasteiger charge is 2.01. The largest absolute Gasteiger partial charge is 0.377 e. The molecule has 0 spiro atoms. The van der Waals surface area contributed by atoms with Crippen LogP contribution in [-0.4, -0.2) is 30.5 Å². The Hall–Kier alpha value is -0.0200. The molecular weight excluding hydrogens is 148 g/mol. The predicted molar refractivity (Wildman–Crippen MR) is 44.5 cm³/mol. The van der Waals surface area contributed by atoms with Crippen molar-refractivity contribution in [1.29, 1.82) is 0 Å². The first-order chi connectivity index (χ1) is 4.66. The Morgan fingerprint density at radius 1 is 1.60 bits per heavy atom. The lowest BCUT2D eigenvalue weighted by Gasteiger charge is -2.02. The van der Waals surface area contributed by atoms with Gasteiger partial charge in [-0.1, -0.05) is 13.8 Å². The molecule has 10 heavy (non-hydrogen) atoms. The first-order valence-electron chi connectivity index (χ1n) is 3.29. The zero-order valence-corrected chi connectivity index (χ0v) is 7.53. The summed E-state index contributed by atoms with van der Waals surface area (Å²) in [5.41, 5.74) is 0. The number of carbonyl (C=O) groups is 1. The van der Waals surface area contributed by atoms with Crippen LogP contribution in [0.25, 0.3) is 0 Å². The van der Waals surface area contributed by atoms with E-state index in [0.717, 1.165) is 0 Å². The lowest BCUT2D eigenvalue weighted by Crippen LogP contribution is -2.10. The van der Waals surface area contributed by atoms with E-state index in [1.165, 1.54) is 7.11 Å². The smallest absolute Gasteiger partial charge is 0.168 e. The summed E-state index contributed by atoms with van der Waals surface area (Å²) in [6, 6.07) is 0. The summed E-state index contributed by atoms with van der Waals surface area (Å²) in [6.07, 6.45) is 0. The predicted octanol–water partition coefficient (Wildman–Crippen LogP) is 1.34. The van der Waals surface area contributed by atoms with Gasteiger partial charge in [-0.05, 0) is 5.25 Å². The van der Waals surface area contributed by atoms with Crippen molar-refractivity contribution in [1.82, 2.24) is 0 Å². The zero-order chi connectivity index (χ0) is 7.98. The highest BCUT2D eigenvalue weighted by molar-refractivity contribution is 8.00. The van der Waals surface area contributed by atoms with E-state index in [4.69, 9.17) is 0 Å². The van der Waals surface area contributed by atoms with Gasteiger partial charge < -0.3 is 4.74 Å². The lowest BCUT2D eigenvalue weighted by molar-refractivity contribution is -0.120. The Bertz CT molecular complexity index is 102. The van der Waals surface area contributed by atoms with Gasteiger partial charge >= 0.3 is 0 Å². The van der Waals surface area contributed by atoms with Crippen LogP contribution < -0.4 is 0 Å². The van der Waals surface area contributed by atoms with Gasteiger partial charge in [0, 0.05) is 7.11 Å². The van der Waals surface area contributed by atoms with E-state index in [1.54, 1.807) is 11.8 Å². The molecule has 0 aliphatic rings. The Labute approximate surface area is 66.3 Å². The quantitative estimate of drug-likeness (QED) is 0.610. The van der Waals surface area contributed by atoms with Crippen molar-refractivity contribution in [3.63, 3.8) is 0 Å². The topological polar surface area (TPSA) is 26.3 Å². The average Bonchev–Trinajstić information content (AvgIpc) is 1.85. The van der Waals surface area contributed by atoms with Crippen LogP contribution in [-0.2, 0) is 9.53 Å². The van der Waals surface area contributed by atoms with Gasteiger partial charge in [0.05, 0.1) is 5.75 Å². The number of Topliss-reactive ketones (excluding diaryl/α,β-unsaturated/α-hetero) is 1. The molecule has 0 bridgehead atoms. The van der Waals surface area contributed by atoms with Crippen LogP contribution in [0.3, 0.4) is 0 Å². The molecule has 0 aromatic carbocycles. The standard InChI is InChI=1S/C7H14O2S/c1-6(2)10-5-7(8)4-9-3/h6H,4-5H2,1-3H3. The second-order valence-electron chi connectivity index (χ2n) is 2.33. The molecule has 0 rings (SSSR count). The molecule has 0 saturated heterocycles. The van der Waals surface area contributed by atoms with Crippen molar-refractivity contribution < 1.29 is 9.53 Å². The maximum Gasteiger partial charge on any atom is 0.168 e. The Balaban J connectivity index is 3.22. The van der Waals surface area contributed by atoms with Crippen LogP contribution in [0.1, 0.15) is 13.8 Å². The van der Waals surface area contributed by atoms with Crippen molar-refractivity contribution >= 4 is 17.5 Å². The van der Waals surface area contributed by atoms with Crippen molar-refractivity contribution in [2.24, 2.45) is 0 Å². The molecule has 2 nitrogen and oxygen atoms in total. The van der Waals surface area contributed by atoms with Gasteiger partial charge in [0.25, 0.3) is 0 Å². The van der Waals surface area contributed by atoms with Crippen LogP contribution in [0.4, 0.5) is 0 Å². The summed E-state index contributed by atoms with van der Waals surface area (Å²) >= 11 is 1.65. The summed E-state index contributed by atoms with van der Waals surface area (Å²) < 4.78 is 4.67. The number of carbonyl (C=O) groups excluding carboxylic acids is 1. The molecule has 3 heteroatoms. The fraction of sp³-hybridized carbons (Fsp3) is 0.857. The fourth-order valence-corrected chi connectivity index (χ4v) is 1.06. The van der Waals surface area contributed by atoms with Crippen LogP contribution in [0.5, 0.6) is 0 Å². The molecule has 0 amide bonds. The van der Waals surface area contributed by atoms with E-state index >= 15 is 0 Å². The van der Waals surface area contributed by atoms with Gasteiger partial charge in [-0.15, -0.1) is 0 Å². The Morgan fingerprint density at radius 3 is 2.60 bits per heavy atom. The SMILES string of the molecule is COCC(=O)CSC(C)C. The minimum atomic E-state index is 0.168.